The van der Waals surface area contributed by atoms with Crippen molar-refractivity contribution in [2.24, 2.45) is 0 Å². The lowest BCUT2D eigenvalue weighted by atomic mass is 10.3. The number of anilines is 1. The van der Waals surface area contributed by atoms with Crippen LogP contribution in [0.25, 0.3) is 5.69 Å². The molecule has 0 spiro atoms. The molecule has 2 heterocycles. The molecule has 0 aliphatic heterocycles. The minimum Gasteiger partial charge on any atom is -0.322 e. The molecule has 0 unspecified atom stereocenters. The van der Waals surface area contributed by atoms with Crippen molar-refractivity contribution in [3.63, 3.8) is 0 Å². The van der Waals surface area contributed by atoms with Gasteiger partial charge in [0.25, 0.3) is 0 Å². The van der Waals surface area contributed by atoms with Crippen LogP contribution in [-0.4, -0.2) is 20.7 Å². The molecule has 2 rings (SSSR count). The number of hydrogen-bond acceptors (Lipinski definition) is 4. The highest BCUT2D eigenvalue weighted by molar-refractivity contribution is 5.92. The van der Waals surface area contributed by atoms with Crippen LogP contribution in [0.1, 0.15) is 12.1 Å². The predicted molar refractivity (Wildman–Crippen MR) is 65.0 cm³/mol. The number of carbonyl (C=O) groups is 1. The highest BCUT2D eigenvalue weighted by Gasteiger charge is 2.09. The summed E-state index contributed by atoms with van der Waals surface area (Å²) in [4.78, 5) is 15.3. The number of hydrogen-bond donors (Lipinski definition) is 1. The number of rotatable bonds is 3. The van der Waals surface area contributed by atoms with Gasteiger partial charge in [0.05, 0.1) is 35.5 Å². The van der Waals surface area contributed by atoms with Gasteiger partial charge in [-0.25, -0.2) is 4.68 Å². The summed E-state index contributed by atoms with van der Waals surface area (Å²) >= 11 is 0. The SMILES string of the molecule is Cc1nn(-c2cccnc2)cc1NC(=O)CC#N. The average molecular weight is 241 g/mol. The third kappa shape index (κ3) is 2.52. The number of pyridine rings is 1. The van der Waals surface area contributed by atoms with E-state index in [2.05, 4.69) is 15.4 Å². The van der Waals surface area contributed by atoms with E-state index in [4.69, 9.17) is 5.26 Å². The molecule has 0 bridgehead atoms. The van der Waals surface area contributed by atoms with E-state index >= 15 is 0 Å². The second-order valence-corrected chi connectivity index (χ2v) is 3.67. The summed E-state index contributed by atoms with van der Waals surface area (Å²) in [5.41, 5.74) is 2.09. The molecule has 0 radical (unpaired) electrons. The van der Waals surface area contributed by atoms with Gasteiger partial charge in [0.15, 0.2) is 0 Å². The van der Waals surface area contributed by atoms with Gasteiger partial charge >= 0.3 is 0 Å². The smallest absolute Gasteiger partial charge is 0.238 e. The lowest BCUT2D eigenvalue weighted by molar-refractivity contribution is -0.115. The lowest BCUT2D eigenvalue weighted by Gasteiger charge is -1.99. The second kappa shape index (κ2) is 5.10. The first-order valence-electron chi connectivity index (χ1n) is 5.34. The van der Waals surface area contributed by atoms with E-state index in [-0.39, 0.29) is 12.3 Å². The fourth-order valence-electron chi connectivity index (χ4n) is 1.47. The topological polar surface area (TPSA) is 83.6 Å². The van der Waals surface area contributed by atoms with Crippen molar-refractivity contribution in [2.45, 2.75) is 13.3 Å². The Morgan fingerprint density at radius 3 is 3.11 bits per heavy atom. The summed E-state index contributed by atoms with van der Waals surface area (Å²) in [5.74, 6) is -0.341. The molecule has 1 N–H and O–H groups in total. The zero-order chi connectivity index (χ0) is 13.0. The van der Waals surface area contributed by atoms with Crippen molar-refractivity contribution in [2.75, 3.05) is 5.32 Å². The molecule has 0 atom stereocenters. The van der Waals surface area contributed by atoms with Crippen LogP contribution in [0.5, 0.6) is 0 Å². The van der Waals surface area contributed by atoms with Gasteiger partial charge in [-0.15, -0.1) is 0 Å². The van der Waals surface area contributed by atoms with Crippen LogP contribution >= 0.6 is 0 Å². The molecule has 0 aromatic carbocycles. The normalized spacial score (nSPS) is 9.78. The fraction of sp³-hybridized carbons (Fsp3) is 0.167. The minimum atomic E-state index is -0.341. The van der Waals surface area contributed by atoms with E-state index in [1.165, 1.54) is 0 Å². The number of aryl methyl sites for hydroxylation is 1. The number of amides is 1. The first kappa shape index (κ1) is 11.8. The molecule has 0 fully saturated rings. The van der Waals surface area contributed by atoms with Gasteiger partial charge < -0.3 is 5.32 Å². The first-order chi connectivity index (χ1) is 8.70. The van der Waals surface area contributed by atoms with Crippen molar-refractivity contribution in [3.8, 4) is 11.8 Å². The number of nitrogens with zero attached hydrogens (tertiary/aromatic N) is 4. The number of nitriles is 1. The summed E-state index contributed by atoms with van der Waals surface area (Å²) < 4.78 is 1.63. The maximum atomic E-state index is 11.3. The van der Waals surface area contributed by atoms with Crippen molar-refractivity contribution in [1.29, 1.82) is 5.26 Å². The van der Waals surface area contributed by atoms with Crippen LogP contribution < -0.4 is 5.32 Å². The van der Waals surface area contributed by atoms with Gasteiger partial charge in [-0.3, -0.25) is 9.78 Å². The maximum Gasteiger partial charge on any atom is 0.238 e. The minimum absolute atomic E-state index is 0.169. The average Bonchev–Trinajstić information content (AvgIpc) is 2.72. The van der Waals surface area contributed by atoms with Crippen LogP contribution in [0, 0.1) is 18.3 Å². The van der Waals surface area contributed by atoms with Gasteiger partial charge in [0.1, 0.15) is 6.42 Å². The van der Waals surface area contributed by atoms with Crippen molar-refractivity contribution in [3.05, 3.63) is 36.4 Å². The van der Waals surface area contributed by atoms with Crippen molar-refractivity contribution in [1.82, 2.24) is 14.8 Å². The summed E-state index contributed by atoms with van der Waals surface area (Å²) in [7, 11) is 0. The number of carbonyl (C=O) groups excluding carboxylic acids is 1. The molecule has 6 heteroatoms. The van der Waals surface area contributed by atoms with Crippen LogP contribution in [0.3, 0.4) is 0 Å². The Hall–Kier alpha value is -2.68. The Bertz CT molecular complexity index is 597. The predicted octanol–water partition coefficient (Wildman–Crippen LogP) is 1.43. The Morgan fingerprint density at radius 2 is 2.44 bits per heavy atom. The Kier molecular flexibility index (Phi) is 3.34. The highest BCUT2D eigenvalue weighted by atomic mass is 16.1. The highest BCUT2D eigenvalue weighted by Crippen LogP contribution is 2.15. The van der Waals surface area contributed by atoms with Crippen LogP contribution in [0.2, 0.25) is 0 Å². The van der Waals surface area contributed by atoms with E-state index < -0.39 is 0 Å². The van der Waals surface area contributed by atoms with Gasteiger partial charge in [-0.2, -0.15) is 10.4 Å². The molecule has 2 aromatic heterocycles. The van der Waals surface area contributed by atoms with E-state index in [0.717, 1.165) is 5.69 Å². The molecule has 18 heavy (non-hydrogen) atoms. The maximum absolute atomic E-state index is 11.3. The van der Waals surface area contributed by atoms with Crippen molar-refractivity contribution >= 4 is 11.6 Å². The Morgan fingerprint density at radius 1 is 1.61 bits per heavy atom. The van der Waals surface area contributed by atoms with Crippen LogP contribution in [0.4, 0.5) is 5.69 Å². The van der Waals surface area contributed by atoms with E-state index in [0.29, 0.717) is 11.4 Å². The van der Waals surface area contributed by atoms with Crippen LogP contribution in [0.15, 0.2) is 30.7 Å². The monoisotopic (exact) mass is 241 g/mol. The standard InChI is InChI=1S/C12H11N5O/c1-9-11(15-12(18)4-5-13)8-17(16-9)10-3-2-6-14-7-10/h2-3,6-8H,4H2,1H3,(H,15,18). The van der Waals surface area contributed by atoms with Crippen molar-refractivity contribution < 1.29 is 4.79 Å². The number of nitrogens with one attached hydrogen (secondary N) is 1. The molecule has 0 saturated heterocycles. The quantitative estimate of drug-likeness (QED) is 0.880. The summed E-state index contributed by atoms with van der Waals surface area (Å²) in [5, 5.41) is 15.3. The zero-order valence-electron chi connectivity index (χ0n) is 9.79. The molecule has 2 aromatic rings. The first-order valence-corrected chi connectivity index (χ1v) is 5.34. The molecule has 0 saturated carbocycles. The lowest BCUT2D eigenvalue weighted by Crippen LogP contribution is -2.10. The second-order valence-electron chi connectivity index (χ2n) is 3.67. The zero-order valence-corrected chi connectivity index (χ0v) is 9.79. The molecule has 90 valence electrons. The van der Waals surface area contributed by atoms with E-state index in [1.807, 2.05) is 6.07 Å². The summed E-state index contributed by atoms with van der Waals surface area (Å²) in [6.45, 7) is 1.79. The van der Waals surface area contributed by atoms with Crippen LogP contribution in [-0.2, 0) is 4.79 Å². The Balaban J connectivity index is 2.23. The largest absolute Gasteiger partial charge is 0.322 e. The van der Waals surface area contributed by atoms with Gasteiger partial charge in [0, 0.05) is 6.20 Å². The van der Waals surface area contributed by atoms with Gasteiger partial charge in [0.2, 0.25) is 5.91 Å². The van der Waals surface area contributed by atoms with Gasteiger partial charge in [-0.1, -0.05) is 0 Å². The molecule has 1 amide bonds. The summed E-state index contributed by atoms with van der Waals surface area (Å²) in [6.07, 6.45) is 4.88. The molecule has 6 nitrogen and oxygen atoms in total. The molecule has 0 aliphatic rings. The third-order valence-corrected chi connectivity index (χ3v) is 2.32. The van der Waals surface area contributed by atoms with E-state index in [9.17, 15) is 4.79 Å². The Labute approximate surface area is 104 Å². The third-order valence-electron chi connectivity index (χ3n) is 2.32. The van der Waals surface area contributed by atoms with E-state index in [1.54, 1.807) is 42.3 Å². The summed E-state index contributed by atoms with van der Waals surface area (Å²) in [6, 6.07) is 5.46. The number of aromatic nitrogens is 3. The van der Waals surface area contributed by atoms with Gasteiger partial charge in [-0.05, 0) is 19.1 Å². The molecule has 0 aliphatic carbocycles. The fourth-order valence-corrected chi connectivity index (χ4v) is 1.47. The molecular formula is C12H11N5O. The molecular weight excluding hydrogens is 230 g/mol.